The summed E-state index contributed by atoms with van der Waals surface area (Å²) in [6.45, 7) is 0.283. The van der Waals surface area contributed by atoms with Gasteiger partial charge in [-0.3, -0.25) is 0 Å². The lowest BCUT2D eigenvalue weighted by atomic mass is 10.2. The molecular formula is C24H22F4N6O4S2. The first kappa shape index (κ1) is 29.2. The molecule has 16 heteroatoms. The van der Waals surface area contributed by atoms with Crippen molar-refractivity contribution in [2.75, 3.05) is 30.3 Å². The van der Waals surface area contributed by atoms with Gasteiger partial charge in [0, 0.05) is 31.7 Å². The highest BCUT2D eigenvalue weighted by Crippen LogP contribution is 2.31. The molecular weight excluding hydrogens is 576 g/mol. The summed E-state index contributed by atoms with van der Waals surface area (Å²) in [5.41, 5.74) is -0.472. The van der Waals surface area contributed by atoms with Gasteiger partial charge in [-0.1, -0.05) is 17.9 Å². The van der Waals surface area contributed by atoms with Crippen LogP contribution in [0.5, 0.6) is 0 Å². The smallest absolute Gasteiger partial charge is 0.369 e. The Morgan fingerprint density at radius 3 is 2.65 bits per heavy atom. The lowest BCUT2D eigenvalue weighted by molar-refractivity contribution is -0.137. The first-order chi connectivity index (χ1) is 18.8. The minimum atomic E-state index is -4.81. The van der Waals surface area contributed by atoms with Gasteiger partial charge in [-0.25, -0.2) is 35.7 Å². The van der Waals surface area contributed by atoms with Crippen molar-refractivity contribution >= 4 is 37.5 Å². The van der Waals surface area contributed by atoms with Gasteiger partial charge in [-0.15, -0.1) is 0 Å². The minimum Gasteiger partial charge on any atom is -0.369 e. The molecule has 40 heavy (non-hydrogen) atoms. The number of rotatable bonds is 4. The summed E-state index contributed by atoms with van der Waals surface area (Å²) in [5, 5.41) is 6.01. The number of nitrogens with one attached hydrogen (secondary N) is 4. The Kier molecular flexibility index (Phi) is 8.59. The molecule has 0 amide bonds. The molecule has 0 saturated carbocycles. The van der Waals surface area contributed by atoms with Gasteiger partial charge in [0.2, 0.25) is 26.0 Å². The number of alkyl halides is 3. The maximum absolute atomic E-state index is 14.1. The standard InChI is InChI=1S/C24H22F4N6O4S2/c25-20-13-17(24(26,27)28)8-9-21(20)40(37,38)32-11-2-1-5-16-15-30-23-33-18-6-3-7-19(14-18)39(35,36)31-12-4-10-29-22(16)34-23/h3,6-9,13-15,31-32H,2,4,10-12H2,(H2,29,30,33,34). The summed E-state index contributed by atoms with van der Waals surface area (Å²) in [6, 6.07) is 7.31. The van der Waals surface area contributed by atoms with Crippen molar-refractivity contribution in [3.8, 4) is 11.8 Å². The van der Waals surface area contributed by atoms with Crippen molar-refractivity contribution in [3.05, 3.63) is 65.6 Å². The lowest BCUT2D eigenvalue weighted by Crippen LogP contribution is -2.26. The number of halogens is 4. The molecule has 0 aliphatic carbocycles. The van der Waals surface area contributed by atoms with E-state index >= 15 is 0 Å². The molecule has 0 atom stereocenters. The topological polar surface area (TPSA) is 142 Å². The predicted octanol–water partition coefficient (Wildman–Crippen LogP) is 3.19. The minimum absolute atomic E-state index is 0.0184. The van der Waals surface area contributed by atoms with Gasteiger partial charge in [0.25, 0.3) is 0 Å². The molecule has 2 aromatic carbocycles. The number of hydrogen-bond donors (Lipinski definition) is 4. The van der Waals surface area contributed by atoms with Crippen molar-refractivity contribution in [1.82, 2.24) is 19.4 Å². The highest BCUT2D eigenvalue weighted by molar-refractivity contribution is 7.89. The van der Waals surface area contributed by atoms with Crippen LogP contribution in [0.2, 0.25) is 0 Å². The molecule has 1 aromatic heterocycles. The van der Waals surface area contributed by atoms with E-state index in [0.29, 0.717) is 42.2 Å². The van der Waals surface area contributed by atoms with E-state index in [0.717, 1.165) is 0 Å². The van der Waals surface area contributed by atoms with Crippen LogP contribution < -0.4 is 20.1 Å². The van der Waals surface area contributed by atoms with Crippen LogP contribution in [0.25, 0.3) is 0 Å². The Labute approximate surface area is 227 Å². The lowest BCUT2D eigenvalue weighted by Gasteiger charge is -2.10. The van der Waals surface area contributed by atoms with Crippen LogP contribution in [-0.4, -0.2) is 46.4 Å². The fraction of sp³-hybridized carbons (Fsp3) is 0.250. The van der Waals surface area contributed by atoms with Crippen LogP contribution in [-0.2, 0) is 26.2 Å². The van der Waals surface area contributed by atoms with E-state index in [1.807, 2.05) is 0 Å². The van der Waals surface area contributed by atoms with Gasteiger partial charge in [-0.05, 0) is 42.8 Å². The maximum atomic E-state index is 14.1. The van der Waals surface area contributed by atoms with Crippen molar-refractivity contribution in [1.29, 1.82) is 0 Å². The molecule has 4 N–H and O–H groups in total. The van der Waals surface area contributed by atoms with Crippen LogP contribution in [0.4, 0.5) is 35.0 Å². The molecule has 0 unspecified atom stereocenters. The van der Waals surface area contributed by atoms with E-state index < -0.39 is 42.5 Å². The van der Waals surface area contributed by atoms with E-state index in [-0.39, 0.29) is 36.4 Å². The number of benzene rings is 2. The second-order valence-electron chi connectivity index (χ2n) is 8.38. The fourth-order valence-electron chi connectivity index (χ4n) is 3.50. The van der Waals surface area contributed by atoms with E-state index in [9.17, 15) is 34.4 Å². The van der Waals surface area contributed by atoms with E-state index in [1.54, 1.807) is 12.1 Å². The van der Waals surface area contributed by atoms with Gasteiger partial charge in [0.1, 0.15) is 16.5 Å². The van der Waals surface area contributed by atoms with Gasteiger partial charge < -0.3 is 10.6 Å². The van der Waals surface area contributed by atoms with Crippen LogP contribution >= 0.6 is 0 Å². The summed E-state index contributed by atoms with van der Waals surface area (Å²) in [6.07, 6.45) is -2.96. The summed E-state index contributed by atoms with van der Waals surface area (Å²) in [7, 11) is -8.11. The Morgan fingerprint density at radius 2 is 1.90 bits per heavy atom. The van der Waals surface area contributed by atoms with Crippen molar-refractivity contribution < 1.29 is 34.4 Å². The third-order valence-electron chi connectivity index (χ3n) is 5.44. The third-order valence-corrected chi connectivity index (χ3v) is 8.39. The first-order valence-electron chi connectivity index (χ1n) is 11.7. The van der Waals surface area contributed by atoms with Crippen LogP contribution in [0.15, 0.2) is 58.5 Å². The number of sulfonamides is 2. The first-order valence-corrected chi connectivity index (χ1v) is 14.6. The average Bonchev–Trinajstić information content (AvgIpc) is 2.88. The highest BCUT2D eigenvalue weighted by atomic mass is 32.2. The molecule has 10 nitrogen and oxygen atoms in total. The third kappa shape index (κ3) is 7.24. The molecule has 1 aliphatic rings. The number of nitrogens with zero attached hydrogens (tertiary/aromatic N) is 2. The molecule has 0 fully saturated rings. The Hall–Kier alpha value is -3.78. The molecule has 0 radical (unpaired) electrons. The second-order valence-corrected chi connectivity index (χ2v) is 11.9. The Balaban J connectivity index is 1.45. The summed E-state index contributed by atoms with van der Waals surface area (Å²) >= 11 is 0. The van der Waals surface area contributed by atoms with E-state index in [1.165, 1.54) is 18.3 Å². The fourth-order valence-corrected chi connectivity index (χ4v) is 5.71. The van der Waals surface area contributed by atoms with Crippen LogP contribution in [0.3, 0.4) is 0 Å². The number of anilines is 3. The number of fused-ring (bicyclic) bond motifs is 4. The predicted molar refractivity (Wildman–Crippen MR) is 138 cm³/mol. The quantitative estimate of drug-likeness (QED) is 0.204. The zero-order valence-electron chi connectivity index (χ0n) is 20.5. The van der Waals surface area contributed by atoms with Gasteiger partial charge >= 0.3 is 6.18 Å². The van der Waals surface area contributed by atoms with Gasteiger partial charge in [-0.2, -0.15) is 18.2 Å². The summed E-state index contributed by atoms with van der Waals surface area (Å²) in [5.74, 6) is 4.58. The summed E-state index contributed by atoms with van der Waals surface area (Å²) < 4.78 is 106. The molecule has 1 aliphatic heterocycles. The summed E-state index contributed by atoms with van der Waals surface area (Å²) in [4.78, 5) is 7.78. The molecule has 0 spiro atoms. The molecule has 4 rings (SSSR count). The Bertz CT molecular complexity index is 1690. The molecule has 212 valence electrons. The van der Waals surface area contributed by atoms with Crippen molar-refractivity contribution in [2.24, 2.45) is 0 Å². The second kappa shape index (κ2) is 11.8. The monoisotopic (exact) mass is 598 g/mol. The van der Waals surface area contributed by atoms with Gasteiger partial charge in [0.15, 0.2) is 0 Å². The SMILES string of the molecule is O=S1(=O)NCCCNc2nc(ncc2C#CCCNS(=O)(=O)c2ccc(C(F)(F)F)cc2F)Nc2cccc1c2. The average molecular weight is 599 g/mol. The normalized spacial score (nSPS) is 15.2. The maximum Gasteiger partial charge on any atom is 0.416 e. The molecule has 0 saturated heterocycles. The largest absolute Gasteiger partial charge is 0.416 e. The Morgan fingerprint density at radius 1 is 1.10 bits per heavy atom. The number of aromatic nitrogens is 2. The van der Waals surface area contributed by atoms with Crippen LogP contribution in [0.1, 0.15) is 24.0 Å². The van der Waals surface area contributed by atoms with Crippen molar-refractivity contribution in [3.63, 3.8) is 0 Å². The zero-order chi connectivity index (χ0) is 29.0. The zero-order valence-corrected chi connectivity index (χ0v) is 22.1. The van der Waals surface area contributed by atoms with Crippen molar-refractivity contribution in [2.45, 2.75) is 28.8 Å². The van der Waals surface area contributed by atoms with Crippen LogP contribution in [0, 0.1) is 17.7 Å². The van der Waals surface area contributed by atoms with E-state index in [4.69, 9.17) is 0 Å². The highest BCUT2D eigenvalue weighted by Gasteiger charge is 2.32. The number of hydrogen-bond acceptors (Lipinski definition) is 8. The molecule has 4 bridgehead atoms. The molecule has 2 heterocycles. The van der Waals surface area contributed by atoms with Gasteiger partial charge in [0.05, 0.1) is 22.2 Å². The molecule has 3 aromatic rings. The van der Waals surface area contributed by atoms with E-state index in [2.05, 4.69) is 41.9 Å².